The molecule has 0 heterocycles. The van der Waals surface area contributed by atoms with Gasteiger partial charge in [0.15, 0.2) is 16.6 Å². The summed E-state index contributed by atoms with van der Waals surface area (Å²) in [6.07, 6.45) is 0. The third-order valence-corrected chi connectivity index (χ3v) is 3.24. The first-order valence-corrected chi connectivity index (χ1v) is 7.58. The molecule has 0 aliphatic rings. The van der Waals surface area contributed by atoms with Crippen LogP contribution in [0.15, 0.2) is 48.5 Å². The van der Waals surface area contributed by atoms with Crippen molar-refractivity contribution >= 4 is 23.0 Å². The normalized spacial score (nSPS) is 11.4. The van der Waals surface area contributed by atoms with Gasteiger partial charge in [-0.1, -0.05) is 18.2 Å². The molecule has 0 bridgehead atoms. The molecule has 0 fully saturated rings. The SMILES string of the molecule is COc1ccccc1OCC(C)NC(=S)Nc1cccc(F)c1. The Balaban J connectivity index is 1.82. The topological polar surface area (TPSA) is 42.5 Å². The lowest BCUT2D eigenvalue weighted by molar-refractivity contribution is 0.270. The summed E-state index contributed by atoms with van der Waals surface area (Å²) >= 11 is 5.21. The van der Waals surface area contributed by atoms with E-state index in [0.29, 0.717) is 28.9 Å². The van der Waals surface area contributed by atoms with Crippen LogP contribution in [0.25, 0.3) is 0 Å². The molecule has 0 aliphatic carbocycles. The molecule has 2 aromatic carbocycles. The number of thiocarbonyl (C=S) groups is 1. The minimum Gasteiger partial charge on any atom is -0.493 e. The maximum absolute atomic E-state index is 13.1. The zero-order valence-corrected chi connectivity index (χ0v) is 13.8. The zero-order chi connectivity index (χ0) is 16.7. The predicted molar refractivity (Wildman–Crippen MR) is 93.7 cm³/mol. The summed E-state index contributed by atoms with van der Waals surface area (Å²) in [4.78, 5) is 0. The minimum absolute atomic E-state index is 0.0338. The summed E-state index contributed by atoms with van der Waals surface area (Å²) in [7, 11) is 1.60. The van der Waals surface area contributed by atoms with E-state index < -0.39 is 0 Å². The number of anilines is 1. The van der Waals surface area contributed by atoms with E-state index in [2.05, 4.69) is 10.6 Å². The van der Waals surface area contributed by atoms with Crippen LogP contribution in [-0.4, -0.2) is 24.9 Å². The largest absolute Gasteiger partial charge is 0.493 e. The van der Waals surface area contributed by atoms with Gasteiger partial charge < -0.3 is 20.1 Å². The van der Waals surface area contributed by atoms with E-state index in [9.17, 15) is 4.39 Å². The molecule has 1 unspecified atom stereocenters. The zero-order valence-electron chi connectivity index (χ0n) is 13.0. The van der Waals surface area contributed by atoms with Crippen LogP contribution in [-0.2, 0) is 0 Å². The number of methoxy groups -OCH3 is 1. The first-order chi connectivity index (χ1) is 11.1. The molecule has 0 amide bonds. The molecule has 0 aromatic heterocycles. The van der Waals surface area contributed by atoms with E-state index in [1.807, 2.05) is 31.2 Å². The van der Waals surface area contributed by atoms with E-state index in [4.69, 9.17) is 21.7 Å². The number of hydrogen-bond donors (Lipinski definition) is 2. The van der Waals surface area contributed by atoms with Gasteiger partial charge in [0, 0.05) is 5.69 Å². The van der Waals surface area contributed by atoms with Gasteiger partial charge >= 0.3 is 0 Å². The van der Waals surface area contributed by atoms with Gasteiger partial charge in [-0.3, -0.25) is 0 Å². The molecule has 1 atom stereocenters. The first-order valence-electron chi connectivity index (χ1n) is 7.17. The van der Waals surface area contributed by atoms with Gasteiger partial charge in [-0.25, -0.2) is 4.39 Å². The van der Waals surface area contributed by atoms with Crippen LogP contribution < -0.4 is 20.1 Å². The second-order valence-electron chi connectivity index (χ2n) is 4.97. The van der Waals surface area contributed by atoms with Crippen molar-refractivity contribution in [1.29, 1.82) is 0 Å². The Kier molecular flexibility index (Phi) is 6.17. The van der Waals surface area contributed by atoms with Crippen molar-refractivity contribution in [2.24, 2.45) is 0 Å². The van der Waals surface area contributed by atoms with E-state index in [1.165, 1.54) is 12.1 Å². The molecule has 23 heavy (non-hydrogen) atoms. The Morgan fingerprint density at radius 1 is 1.17 bits per heavy atom. The fourth-order valence-corrected chi connectivity index (χ4v) is 2.27. The summed E-state index contributed by atoms with van der Waals surface area (Å²) in [6, 6.07) is 13.5. The molecule has 0 aliphatic heterocycles. The predicted octanol–water partition coefficient (Wildman–Crippen LogP) is 3.59. The summed E-state index contributed by atoms with van der Waals surface area (Å²) in [6.45, 7) is 2.35. The summed E-state index contributed by atoms with van der Waals surface area (Å²) in [5.41, 5.74) is 0.598. The number of nitrogens with one attached hydrogen (secondary N) is 2. The number of halogens is 1. The Morgan fingerprint density at radius 2 is 1.91 bits per heavy atom. The van der Waals surface area contributed by atoms with Crippen molar-refractivity contribution in [3.63, 3.8) is 0 Å². The molecular formula is C17H19FN2O2S. The molecule has 6 heteroatoms. The number of hydrogen-bond acceptors (Lipinski definition) is 3. The first kappa shape index (κ1) is 17.0. The quantitative estimate of drug-likeness (QED) is 0.790. The van der Waals surface area contributed by atoms with Gasteiger partial charge in [-0.15, -0.1) is 0 Å². The summed E-state index contributed by atoms with van der Waals surface area (Å²) in [5.74, 6) is 1.04. The highest BCUT2D eigenvalue weighted by Crippen LogP contribution is 2.25. The van der Waals surface area contributed by atoms with Crippen LogP contribution in [0.2, 0.25) is 0 Å². The Labute approximate surface area is 140 Å². The highest BCUT2D eigenvalue weighted by atomic mass is 32.1. The van der Waals surface area contributed by atoms with E-state index >= 15 is 0 Å². The Bertz CT molecular complexity index is 667. The Hall–Kier alpha value is -2.34. The number of benzene rings is 2. The van der Waals surface area contributed by atoms with Crippen LogP contribution in [0.1, 0.15) is 6.92 Å². The molecule has 2 aromatic rings. The molecule has 2 rings (SSSR count). The van der Waals surface area contributed by atoms with Gasteiger partial charge in [0.2, 0.25) is 0 Å². The maximum atomic E-state index is 13.1. The minimum atomic E-state index is -0.314. The second-order valence-corrected chi connectivity index (χ2v) is 5.38. The van der Waals surface area contributed by atoms with Crippen molar-refractivity contribution < 1.29 is 13.9 Å². The second kappa shape index (κ2) is 8.33. The van der Waals surface area contributed by atoms with E-state index in [1.54, 1.807) is 19.2 Å². The molecule has 0 saturated carbocycles. The third kappa shape index (κ3) is 5.41. The lowest BCUT2D eigenvalue weighted by Gasteiger charge is -2.18. The number of ether oxygens (including phenoxy) is 2. The van der Waals surface area contributed by atoms with Crippen LogP contribution >= 0.6 is 12.2 Å². The molecule has 0 spiro atoms. The van der Waals surface area contributed by atoms with Gasteiger partial charge in [0.05, 0.1) is 13.2 Å². The number of rotatable bonds is 6. The standard InChI is InChI=1S/C17H19FN2O2S/c1-12(11-22-16-9-4-3-8-15(16)21-2)19-17(23)20-14-7-5-6-13(18)10-14/h3-10,12H,11H2,1-2H3,(H2,19,20,23). The highest BCUT2D eigenvalue weighted by Gasteiger charge is 2.08. The number of para-hydroxylation sites is 2. The van der Waals surface area contributed by atoms with Crippen LogP contribution in [0.3, 0.4) is 0 Å². The fourth-order valence-electron chi connectivity index (χ4n) is 1.95. The van der Waals surface area contributed by atoms with E-state index in [-0.39, 0.29) is 11.9 Å². The van der Waals surface area contributed by atoms with Crippen LogP contribution in [0.4, 0.5) is 10.1 Å². The van der Waals surface area contributed by atoms with Crippen molar-refractivity contribution in [2.75, 3.05) is 19.0 Å². The smallest absolute Gasteiger partial charge is 0.171 e. The third-order valence-electron chi connectivity index (χ3n) is 3.02. The van der Waals surface area contributed by atoms with Gasteiger partial charge in [0.25, 0.3) is 0 Å². The summed E-state index contributed by atoms with van der Waals surface area (Å²) in [5, 5.41) is 6.43. The van der Waals surface area contributed by atoms with Gasteiger partial charge in [0.1, 0.15) is 12.4 Å². The lowest BCUT2D eigenvalue weighted by Crippen LogP contribution is -2.39. The lowest BCUT2D eigenvalue weighted by atomic mass is 10.3. The average molecular weight is 334 g/mol. The molecular weight excluding hydrogens is 315 g/mol. The van der Waals surface area contributed by atoms with Crippen molar-refractivity contribution in [2.45, 2.75) is 13.0 Å². The molecule has 122 valence electrons. The van der Waals surface area contributed by atoms with Crippen LogP contribution in [0, 0.1) is 5.82 Å². The maximum Gasteiger partial charge on any atom is 0.171 e. The highest BCUT2D eigenvalue weighted by molar-refractivity contribution is 7.80. The average Bonchev–Trinajstić information content (AvgIpc) is 2.53. The molecule has 2 N–H and O–H groups in total. The van der Waals surface area contributed by atoms with Crippen molar-refractivity contribution in [3.05, 3.63) is 54.3 Å². The van der Waals surface area contributed by atoms with Gasteiger partial charge in [-0.2, -0.15) is 0 Å². The molecule has 0 saturated heterocycles. The van der Waals surface area contributed by atoms with Crippen molar-refractivity contribution in [1.82, 2.24) is 5.32 Å². The van der Waals surface area contributed by atoms with E-state index in [0.717, 1.165) is 0 Å². The molecule has 0 radical (unpaired) electrons. The molecule has 4 nitrogen and oxygen atoms in total. The van der Waals surface area contributed by atoms with Gasteiger partial charge in [-0.05, 0) is 49.5 Å². The fraction of sp³-hybridized carbons (Fsp3) is 0.235. The summed E-state index contributed by atoms with van der Waals surface area (Å²) < 4.78 is 24.1. The monoisotopic (exact) mass is 334 g/mol. The van der Waals surface area contributed by atoms with Crippen molar-refractivity contribution in [3.8, 4) is 11.5 Å². The Morgan fingerprint density at radius 3 is 2.61 bits per heavy atom. The van der Waals surface area contributed by atoms with Crippen LogP contribution in [0.5, 0.6) is 11.5 Å².